The lowest BCUT2D eigenvalue weighted by Crippen LogP contribution is -2.14. The number of anilines is 1. The first-order valence-corrected chi connectivity index (χ1v) is 5.22. The van der Waals surface area contributed by atoms with E-state index in [0.29, 0.717) is 11.5 Å². The maximum atomic E-state index is 11.8. The van der Waals surface area contributed by atoms with Crippen molar-refractivity contribution >= 4 is 23.0 Å². The van der Waals surface area contributed by atoms with Gasteiger partial charge < -0.3 is 11.1 Å². The van der Waals surface area contributed by atoms with Gasteiger partial charge in [-0.25, -0.2) is 9.97 Å². The minimum atomic E-state index is -4.12. The summed E-state index contributed by atoms with van der Waals surface area (Å²) >= 11 is 4.68. The Bertz CT molecular complexity index is 377. The van der Waals surface area contributed by atoms with E-state index in [1.807, 2.05) is 0 Å². The number of nitrogens with one attached hydrogen (secondary N) is 1. The van der Waals surface area contributed by atoms with Crippen molar-refractivity contribution in [2.24, 2.45) is 5.73 Å². The van der Waals surface area contributed by atoms with Crippen LogP contribution in [0.5, 0.6) is 0 Å². The highest BCUT2D eigenvalue weighted by Gasteiger charge is 2.25. The third-order valence-electron chi connectivity index (χ3n) is 1.85. The maximum absolute atomic E-state index is 11.8. The predicted molar refractivity (Wildman–Crippen MR) is 61.7 cm³/mol. The third-order valence-corrected chi connectivity index (χ3v) is 2.06. The number of alkyl halides is 3. The lowest BCUT2D eigenvalue weighted by atomic mass is 10.3. The fraction of sp³-hybridized carbons (Fsp3) is 0.444. The van der Waals surface area contributed by atoms with Gasteiger partial charge in [-0.3, -0.25) is 0 Å². The molecule has 0 amide bonds. The van der Waals surface area contributed by atoms with Gasteiger partial charge in [-0.1, -0.05) is 12.2 Å². The SMILES string of the molecule is NC(=S)c1cnc(NCCCC(F)(F)F)cn1. The molecule has 1 heterocycles. The number of rotatable bonds is 5. The van der Waals surface area contributed by atoms with Gasteiger partial charge in [-0.2, -0.15) is 13.2 Å². The number of thiocarbonyl (C=S) groups is 1. The van der Waals surface area contributed by atoms with Crippen molar-refractivity contribution in [2.75, 3.05) is 11.9 Å². The Hall–Kier alpha value is -1.44. The van der Waals surface area contributed by atoms with Crippen molar-refractivity contribution < 1.29 is 13.2 Å². The van der Waals surface area contributed by atoms with Gasteiger partial charge in [0.15, 0.2) is 0 Å². The van der Waals surface area contributed by atoms with E-state index in [0.717, 1.165) is 0 Å². The van der Waals surface area contributed by atoms with Crippen LogP contribution < -0.4 is 11.1 Å². The van der Waals surface area contributed by atoms with E-state index >= 15 is 0 Å². The zero-order valence-electron chi connectivity index (χ0n) is 8.79. The van der Waals surface area contributed by atoms with E-state index in [1.165, 1.54) is 12.4 Å². The Kier molecular flexibility index (Phi) is 4.62. The molecule has 0 spiro atoms. The molecule has 0 aliphatic carbocycles. The number of aromatic nitrogens is 2. The van der Waals surface area contributed by atoms with Gasteiger partial charge in [0.25, 0.3) is 0 Å². The number of nitrogens with two attached hydrogens (primary N) is 1. The van der Waals surface area contributed by atoms with Crippen LogP contribution in [-0.4, -0.2) is 27.7 Å². The Balaban J connectivity index is 2.35. The Morgan fingerprint density at radius 2 is 2.06 bits per heavy atom. The van der Waals surface area contributed by atoms with Gasteiger partial charge >= 0.3 is 6.18 Å². The van der Waals surface area contributed by atoms with Gasteiger partial charge in [-0.05, 0) is 6.42 Å². The second-order valence-corrected chi connectivity index (χ2v) is 3.74. The van der Waals surface area contributed by atoms with Crippen LogP contribution >= 0.6 is 12.2 Å². The highest BCUT2D eigenvalue weighted by Crippen LogP contribution is 2.20. The average Bonchev–Trinajstić information content (AvgIpc) is 2.24. The Morgan fingerprint density at radius 1 is 1.35 bits per heavy atom. The normalized spacial score (nSPS) is 11.2. The molecule has 8 heteroatoms. The minimum absolute atomic E-state index is 0.0117. The first-order chi connectivity index (χ1) is 7.88. The molecule has 0 atom stereocenters. The van der Waals surface area contributed by atoms with Gasteiger partial charge in [0.05, 0.1) is 12.4 Å². The summed E-state index contributed by atoms with van der Waals surface area (Å²) in [5.41, 5.74) is 5.69. The summed E-state index contributed by atoms with van der Waals surface area (Å²) in [5, 5.41) is 2.73. The Labute approximate surface area is 101 Å². The molecule has 0 fully saturated rings. The molecule has 0 radical (unpaired) electrons. The first-order valence-electron chi connectivity index (χ1n) is 4.81. The molecule has 0 aromatic carbocycles. The van der Waals surface area contributed by atoms with E-state index in [4.69, 9.17) is 5.73 Å². The molecule has 1 rings (SSSR count). The number of halogens is 3. The standard InChI is InChI=1S/C9H11F3N4S/c10-9(11,12)2-1-3-14-7-5-15-6(4-16-7)8(13)17/h4-5H,1-3H2,(H2,13,17)(H,14,16). The van der Waals surface area contributed by atoms with Gasteiger partial charge in [0, 0.05) is 13.0 Å². The van der Waals surface area contributed by atoms with E-state index in [-0.39, 0.29) is 18.0 Å². The molecule has 0 saturated carbocycles. The van der Waals surface area contributed by atoms with Crippen molar-refractivity contribution in [1.29, 1.82) is 0 Å². The van der Waals surface area contributed by atoms with Crippen molar-refractivity contribution in [3.05, 3.63) is 18.1 Å². The molecule has 3 N–H and O–H groups in total. The summed E-state index contributed by atoms with van der Waals surface area (Å²) in [5.74, 6) is 0.396. The summed E-state index contributed by atoms with van der Waals surface area (Å²) < 4.78 is 35.5. The van der Waals surface area contributed by atoms with Crippen LogP contribution in [0, 0.1) is 0 Å². The van der Waals surface area contributed by atoms with Crippen molar-refractivity contribution in [2.45, 2.75) is 19.0 Å². The van der Waals surface area contributed by atoms with Crippen LogP contribution in [0.3, 0.4) is 0 Å². The zero-order chi connectivity index (χ0) is 12.9. The number of hydrogen-bond acceptors (Lipinski definition) is 4. The topological polar surface area (TPSA) is 63.8 Å². The van der Waals surface area contributed by atoms with E-state index in [1.54, 1.807) is 0 Å². The molecule has 1 aromatic heterocycles. The summed E-state index contributed by atoms with van der Waals surface area (Å²) in [6.07, 6.45) is -2.21. The maximum Gasteiger partial charge on any atom is 0.389 e. The molecule has 0 unspecified atom stereocenters. The number of hydrogen-bond donors (Lipinski definition) is 2. The lowest BCUT2D eigenvalue weighted by molar-refractivity contribution is -0.134. The molecule has 0 bridgehead atoms. The average molecular weight is 264 g/mol. The highest BCUT2D eigenvalue weighted by molar-refractivity contribution is 7.80. The molecule has 94 valence electrons. The zero-order valence-corrected chi connectivity index (χ0v) is 9.61. The molecule has 0 saturated heterocycles. The van der Waals surface area contributed by atoms with Crippen LogP contribution in [-0.2, 0) is 0 Å². The summed E-state index contributed by atoms with van der Waals surface area (Å²) in [4.78, 5) is 7.93. The van der Waals surface area contributed by atoms with Crippen molar-refractivity contribution in [3.8, 4) is 0 Å². The van der Waals surface area contributed by atoms with Gasteiger partial charge in [0.2, 0.25) is 0 Å². The summed E-state index contributed by atoms with van der Waals surface area (Å²) in [7, 11) is 0. The predicted octanol–water partition coefficient (Wildman–Crippen LogP) is 1.87. The summed E-state index contributed by atoms with van der Waals surface area (Å²) in [6, 6.07) is 0. The minimum Gasteiger partial charge on any atom is -0.388 e. The quantitative estimate of drug-likeness (QED) is 0.628. The van der Waals surface area contributed by atoms with Crippen molar-refractivity contribution in [3.63, 3.8) is 0 Å². The van der Waals surface area contributed by atoms with Crippen LogP contribution in [0.4, 0.5) is 19.0 Å². The largest absolute Gasteiger partial charge is 0.389 e. The Morgan fingerprint density at radius 3 is 2.53 bits per heavy atom. The molecule has 0 aliphatic rings. The molecule has 1 aromatic rings. The van der Waals surface area contributed by atoms with E-state index < -0.39 is 12.6 Å². The first kappa shape index (κ1) is 13.6. The number of nitrogens with zero attached hydrogens (tertiary/aromatic N) is 2. The second kappa shape index (κ2) is 5.76. The van der Waals surface area contributed by atoms with Crippen molar-refractivity contribution in [1.82, 2.24) is 9.97 Å². The molecule has 4 nitrogen and oxygen atoms in total. The van der Waals surface area contributed by atoms with Crippen LogP contribution in [0.2, 0.25) is 0 Å². The smallest absolute Gasteiger partial charge is 0.388 e. The van der Waals surface area contributed by atoms with Crippen LogP contribution in [0.1, 0.15) is 18.5 Å². The fourth-order valence-corrected chi connectivity index (χ4v) is 1.16. The van der Waals surface area contributed by atoms with E-state index in [2.05, 4.69) is 27.5 Å². The second-order valence-electron chi connectivity index (χ2n) is 3.30. The van der Waals surface area contributed by atoms with E-state index in [9.17, 15) is 13.2 Å². The third kappa shape index (κ3) is 5.43. The summed E-state index contributed by atoms with van der Waals surface area (Å²) in [6.45, 7) is 0.181. The van der Waals surface area contributed by atoms with Crippen LogP contribution in [0.15, 0.2) is 12.4 Å². The molecular weight excluding hydrogens is 253 g/mol. The highest BCUT2D eigenvalue weighted by atomic mass is 32.1. The fourth-order valence-electron chi connectivity index (χ4n) is 1.05. The molecule has 17 heavy (non-hydrogen) atoms. The van der Waals surface area contributed by atoms with Gasteiger partial charge in [-0.15, -0.1) is 0 Å². The molecular formula is C9H11F3N4S. The molecule has 0 aliphatic heterocycles. The van der Waals surface area contributed by atoms with Gasteiger partial charge in [0.1, 0.15) is 16.5 Å². The lowest BCUT2D eigenvalue weighted by Gasteiger charge is -2.07. The monoisotopic (exact) mass is 264 g/mol. The van der Waals surface area contributed by atoms with Crippen LogP contribution in [0.25, 0.3) is 0 Å².